The van der Waals surface area contributed by atoms with E-state index in [1.165, 1.54) is 6.33 Å². The zero-order valence-corrected chi connectivity index (χ0v) is 16.6. The van der Waals surface area contributed by atoms with E-state index in [-0.39, 0.29) is 11.3 Å². The minimum Gasteiger partial charge on any atom is -0.474 e. The van der Waals surface area contributed by atoms with Gasteiger partial charge in [-0.1, -0.05) is 12.1 Å². The Morgan fingerprint density at radius 2 is 1.97 bits per heavy atom. The third-order valence-corrected chi connectivity index (χ3v) is 5.38. The van der Waals surface area contributed by atoms with Crippen molar-refractivity contribution < 1.29 is 19.1 Å². The van der Waals surface area contributed by atoms with Crippen molar-refractivity contribution in [2.45, 2.75) is 25.9 Å². The zero-order valence-electron chi connectivity index (χ0n) is 15.8. The van der Waals surface area contributed by atoms with Crippen molar-refractivity contribution in [3.05, 3.63) is 46.6 Å². The lowest BCUT2D eigenvalue weighted by atomic mass is 10.1. The highest BCUT2D eigenvalue weighted by Crippen LogP contribution is 2.30. The maximum absolute atomic E-state index is 11.7. The minimum atomic E-state index is -0.391. The Bertz CT molecular complexity index is 973. The van der Waals surface area contributed by atoms with Crippen LogP contribution in [-0.2, 0) is 4.79 Å². The number of thioether (sulfide) groups is 1. The van der Waals surface area contributed by atoms with Crippen LogP contribution in [0.1, 0.15) is 24.0 Å². The highest BCUT2D eigenvalue weighted by Gasteiger charge is 2.25. The van der Waals surface area contributed by atoms with Crippen molar-refractivity contribution in [3.8, 4) is 17.5 Å². The fraction of sp³-hybridized carbons (Fsp3) is 0.300. The van der Waals surface area contributed by atoms with E-state index in [1.807, 2.05) is 19.1 Å². The van der Waals surface area contributed by atoms with E-state index < -0.39 is 5.91 Å². The van der Waals surface area contributed by atoms with Gasteiger partial charge in [-0.3, -0.25) is 14.9 Å². The summed E-state index contributed by atoms with van der Waals surface area (Å²) in [5, 5.41) is 5.18. The molecule has 0 bridgehead atoms. The van der Waals surface area contributed by atoms with E-state index >= 15 is 0 Å². The SMILES string of the molecule is Cc1c(Oc2cccc(C=C3SC(=O)NC3=O)c2)ncnc1OC1CCNCC1. The standard InChI is InChI=1S/C20H20N4O4S/c1-12-18(27-14-5-7-21-8-6-14)22-11-23-19(12)28-15-4-2-3-13(9-15)10-16-17(25)24-20(26)29-16/h2-4,9-11,14,21H,5-8H2,1H3,(H,24,25,26). The summed E-state index contributed by atoms with van der Waals surface area (Å²) >= 11 is 0.878. The van der Waals surface area contributed by atoms with E-state index in [0.29, 0.717) is 22.4 Å². The van der Waals surface area contributed by atoms with Crippen molar-refractivity contribution >= 4 is 29.0 Å². The molecule has 0 aliphatic carbocycles. The first-order valence-electron chi connectivity index (χ1n) is 9.30. The van der Waals surface area contributed by atoms with Gasteiger partial charge in [-0.25, -0.2) is 9.97 Å². The molecular weight excluding hydrogens is 392 g/mol. The first kappa shape index (κ1) is 19.4. The van der Waals surface area contributed by atoms with Crippen LogP contribution < -0.4 is 20.1 Å². The van der Waals surface area contributed by atoms with Crippen molar-refractivity contribution in [3.63, 3.8) is 0 Å². The van der Waals surface area contributed by atoms with Crippen LogP contribution in [0.5, 0.6) is 17.5 Å². The molecule has 2 amide bonds. The van der Waals surface area contributed by atoms with E-state index in [4.69, 9.17) is 9.47 Å². The summed E-state index contributed by atoms with van der Waals surface area (Å²) in [7, 11) is 0. The molecule has 3 heterocycles. The zero-order chi connectivity index (χ0) is 20.2. The summed E-state index contributed by atoms with van der Waals surface area (Å²) in [6.45, 7) is 3.73. The molecule has 29 heavy (non-hydrogen) atoms. The maximum Gasteiger partial charge on any atom is 0.290 e. The molecule has 9 heteroatoms. The molecule has 0 spiro atoms. The average molecular weight is 412 g/mol. The molecule has 0 saturated carbocycles. The monoisotopic (exact) mass is 412 g/mol. The summed E-state index contributed by atoms with van der Waals surface area (Å²) in [5.74, 6) is 1.11. The second-order valence-corrected chi connectivity index (χ2v) is 7.72. The molecule has 2 aliphatic heterocycles. The van der Waals surface area contributed by atoms with E-state index in [0.717, 1.165) is 48.8 Å². The molecule has 2 N–H and O–H groups in total. The van der Waals surface area contributed by atoms with Gasteiger partial charge in [0.15, 0.2) is 0 Å². The predicted octanol–water partition coefficient (Wildman–Crippen LogP) is 3.03. The molecule has 150 valence electrons. The lowest BCUT2D eigenvalue weighted by Gasteiger charge is -2.24. The van der Waals surface area contributed by atoms with Crippen LogP contribution in [0.3, 0.4) is 0 Å². The molecule has 2 fully saturated rings. The van der Waals surface area contributed by atoms with E-state index in [1.54, 1.807) is 18.2 Å². The van der Waals surface area contributed by atoms with Gasteiger partial charge in [0, 0.05) is 0 Å². The number of piperidine rings is 1. The van der Waals surface area contributed by atoms with Crippen molar-refractivity contribution in [1.82, 2.24) is 20.6 Å². The second kappa shape index (κ2) is 8.62. The number of carbonyl (C=O) groups is 2. The first-order chi connectivity index (χ1) is 14.1. The minimum absolute atomic E-state index is 0.130. The Morgan fingerprint density at radius 3 is 2.72 bits per heavy atom. The number of carbonyl (C=O) groups excluding carboxylic acids is 2. The summed E-state index contributed by atoms with van der Waals surface area (Å²) in [6.07, 6.45) is 5.08. The number of nitrogens with zero attached hydrogens (tertiary/aromatic N) is 2. The summed E-state index contributed by atoms with van der Waals surface area (Å²) in [6, 6.07) is 7.21. The lowest BCUT2D eigenvalue weighted by molar-refractivity contribution is -0.115. The van der Waals surface area contributed by atoms with Gasteiger partial charge in [0.1, 0.15) is 18.2 Å². The van der Waals surface area contributed by atoms with E-state index in [9.17, 15) is 9.59 Å². The maximum atomic E-state index is 11.7. The lowest BCUT2D eigenvalue weighted by Crippen LogP contribution is -2.34. The molecular formula is C20H20N4O4S. The number of imide groups is 1. The Labute approximate surface area is 172 Å². The predicted molar refractivity (Wildman–Crippen MR) is 109 cm³/mol. The van der Waals surface area contributed by atoms with Gasteiger partial charge >= 0.3 is 0 Å². The number of benzene rings is 1. The van der Waals surface area contributed by atoms with Gasteiger partial charge in [0.05, 0.1) is 10.5 Å². The van der Waals surface area contributed by atoms with Crippen LogP contribution in [-0.4, -0.2) is 40.3 Å². The normalized spacial score (nSPS) is 18.7. The second-order valence-electron chi connectivity index (χ2n) is 6.70. The van der Waals surface area contributed by atoms with Crippen LogP contribution in [0.15, 0.2) is 35.5 Å². The van der Waals surface area contributed by atoms with Gasteiger partial charge in [-0.05, 0) is 68.4 Å². The van der Waals surface area contributed by atoms with Crippen LogP contribution in [0.25, 0.3) is 6.08 Å². The highest BCUT2D eigenvalue weighted by molar-refractivity contribution is 8.18. The fourth-order valence-electron chi connectivity index (χ4n) is 3.06. The number of hydrogen-bond acceptors (Lipinski definition) is 8. The van der Waals surface area contributed by atoms with Crippen LogP contribution in [0, 0.1) is 6.92 Å². The third kappa shape index (κ3) is 4.75. The molecule has 1 aromatic heterocycles. The smallest absolute Gasteiger partial charge is 0.290 e. The van der Waals surface area contributed by atoms with Crippen LogP contribution in [0.4, 0.5) is 4.79 Å². The number of rotatable bonds is 5. The van der Waals surface area contributed by atoms with E-state index in [2.05, 4.69) is 20.6 Å². The van der Waals surface area contributed by atoms with Gasteiger partial charge in [0.2, 0.25) is 11.8 Å². The van der Waals surface area contributed by atoms with Gasteiger partial charge in [-0.15, -0.1) is 0 Å². The Hall–Kier alpha value is -2.91. The summed E-state index contributed by atoms with van der Waals surface area (Å²) in [5.41, 5.74) is 1.47. The molecule has 2 saturated heterocycles. The number of aromatic nitrogens is 2. The summed E-state index contributed by atoms with van der Waals surface area (Å²) < 4.78 is 12.0. The molecule has 2 aliphatic rings. The third-order valence-electron chi connectivity index (χ3n) is 4.57. The largest absolute Gasteiger partial charge is 0.474 e. The van der Waals surface area contributed by atoms with Crippen molar-refractivity contribution in [2.24, 2.45) is 0 Å². The van der Waals surface area contributed by atoms with Crippen LogP contribution in [0.2, 0.25) is 0 Å². The quantitative estimate of drug-likeness (QED) is 0.723. The number of hydrogen-bond donors (Lipinski definition) is 2. The van der Waals surface area contributed by atoms with Gasteiger partial charge in [0.25, 0.3) is 11.1 Å². The first-order valence-corrected chi connectivity index (χ1v) is 10.1. The Morgan fingerprint density at radius 1 is 1.17 bits per heavy atom. The Balaban J connectivity index is 1.51. The molecule has 8 nitrogen and oxygen atoms in total. The topological polar surface area (TPSA) is 102 Å². The van der Waals surface area contributed by atoms with Gasteiger partial charge < -0.3 is 14.8 Å². The molecule has 2 aromatic rings. The molecule has 0 atom stereocenters. The molecule has 4 rings (SSSR count). The summed E-state index contributed by atoms with van der Waals surface area (Å²) in [4.78, 5) is 31.9. The van der Waals surface area contributed by atoms with Crippen LogP contribution >= 0.6 is 11.8 Å². The fourth-order valence-corrected chi connectivity index (χ4v) is 3.75. The highest BCUT2D eigenvalue weighted by atomic mass is 32.2. The number of nitrogens with one attached hydrogen (secondary N) is 2. The molecule has 0 radical (unpaired) electrons. The number of amides is 2. The molecule has 1 aromatic carbocycles. The molecule has 0 unspecified atom stereocenters. The average Bonchev–Trinajstić information content (AvgIpc) is 3.03. The number of ether oxygens (including phenoxy) is 2. The van der Waals surface area contributed by atoms with Crippen molar-refractivity contribution in [2.75, 3.05) is 13.1 Å². The Kier molecular flexibility index (Phi) is 5.77. The van der Waals surface area contributed by atoms with Gasteiger partial charge in [-0.2, -0.15) is 0 Å². The van der Waals surface area contributed by atoms with Crippen molar-refractivity contribution in [1.29, 1.82) is 0 Å².